The van der Waals surface area contributed by atoms with E-state index in [9.17, 15) is 9.59 Å². The molecule has 0 aromatic carbocycles. The van der Waals surface area contributed by atoms with E-state index in [4.69, 9.17) is 9.47 Å². The smallest absolute Gasteiger partial charge is 0.305 e. The molecule has 0 spiro atoms. The van der Waals surface area contributed by atoms with E-state index < -0.39 is 0 Å². The Morgan fingerprint density at radius 2 is 0.355 bits per heavy atom. The van der Waals surface area contributed by atoms with Gasteiger partial charge in [-0.3, -0.25) is 9.59 Å². The van der Waals surface area contributed by atoms with E-state index >= 15 is 0 Å². The Labute approximate surface area is 390 Å². The van der Waals surface area contributed by atoms with Crippen molar-refractivity contribution in [1.29, 1.82) is 0 Å². The molecule has 0 heterocycles. The van der Waals surface area contributed by atoms with Crippen LogP contribution in [0.15, 0.2) is 0 Å². The Kier molecular flexibility index (Phi) is 55.1. The van der Waals surface area contributed by atoms with Gasteiger partial charge in [0, 0.05) is 12.8 Å². The molecule has 0 saturated heterocycles. The highest BCUT2D eigenvalue weighted by atomic mass is 16.5. The third-order valence-corrected chi connectivity index (χ3v) is 13.5. The van der Waals surface area contributed by atoms with Crippen LogP contribution < -0.4 is 0 Å². The van der Waals surface area contributed by atoms with Crippen molar-refractivity contribution >= 4 is 11.9 Å². The molecule has 4 nitrogen and oxygen atoms in total. The van der Waals surface area contributed by atoms with E-state index in [1.165, 1.54) is 295 Å². The first kappa shape index (κ1) is 60.9. The summed E-state index contributed by atoms with van der Waals surface area (Å²) >= 11 is 0. The molecule has 0 atom stereocenters. The maximum atomic E-state index is 12.1. The molecule has 0 aliphatic heterocycles. The highest BCUT2D eigenvalue weighted by Gasteiger charge is 2.05. The molecule has 0 saturated carbocycles. The first-order valence-electron chi connectivity index (χ1n) is 29.0. The Morgan fingerprint density at radius 1 is 0.210 bits per heavy atom. The van der Waals surface area contributed by atoms with Crippen molar-refractivity contribution in [2.75, 3.05) is 13.2 Å². The zero-order valence-electron chi connectivity index (χ0n) is 42.8. The highest BCUT2D eigenvalue weighted by Crippen LogP contribution is 2.18. The lowest BCUT2D eigenvalue weighted by atomic mass is 10.0. The van der Waals surface area contributed by atoms with E-state index in [2.05, 4.69) is 13.8 Å². The van der Waals surface area contributed by atoms with Crippen molar-refractivity contribution in [3.05, 3.63) is 0 Å². The number of rotatable bonds is 55. The summed E-state index contributed by atoms with van der Waals surface area (Å²) in [5.74, 6) is 0.0408. The predicted molar refractivity (Wildman–Crippen MR) is 273 cm³/mol. The van der Waals surface area contributed by atoms with Crippen molar-refractivity contribution in [3.63, 3.8) is 0 Å². The van der Waals surface area contributed by atoms with Crippen LogP contribution in [0.25, 0.3) is 0 Å². The lowest BCUT2D eigenvalue weighted by Gasteiger charge is -2.06. The van der Waals surface area contributed by atoms with Gasteiger partial charge < -0.3 is 9.47 Å². The molecule has 62 heavy (non-hydrogen) atoms. The number of hydrogen-bond donors (Lipinski definition) is 0. The third kappa shape index (κ3) is 55.1. The molecule has 370 valence electrons. The summed E-state index contributed by atoms with van der Waals surface area (Å²) in [6, 6.07) is 0. The lowest BCUT2D eigenvalue weighted by molar-refractivity contribution is -0.144. The summed E-state index contributed by atoms with van der Waals surface area (Å²) in [6.45, 7) is 5.83. The van der Waals surface area contributed by atoms with Crippen LogP contribution in [0.1, 0.15) is 348 Å². The van der Waals surface area contributed by atoms with Crippen LogP contribution in [0.5, 0.6) is 0 Å². The average Bonchev–Trinajstić information content (AvgIpc) is 3.27. The second-order valence-corrected chi connectivity index (χ2v) is 19.9. The van der Waals surface area contributed by atoms with Crippen LogP contribution in [-0.4, -0.2) is 25.2 Å². The van der Waals surface area contributed by atoms with Crippen LogP contribution in [0.3, 0.4) is 0 Å². The molecule has 0 N–H and O–H groups in total. The van der Waals surface area contributed by atoms with Crippen LogP contribution in [0.4, 0.5) is 0 Å². The monoisotopic (exact) mass is 875 g/mol. The van der Waals surface area contributed by atoms with Gasteiger partial charge in [0.1, 0.15) is 0 Å². The summed E-state index contributed by atoms with van der Waals surface area (Å²) < 4.78 is 11.0. The van der Waals surface area contributed by atoms with Crippen molar-refractivity contribution in [2.24, 2.45) is 0 Å². The number of ether oxygens (including phenoxy) is 2. The Morgan fingerprint density at radius 3 is 0.532 bits per heavy atom. The lowest BCUT2D eigenvalue weighted by Crippen LogP contribution is -2.05. The first-order valence-corrected chi connectivity index (χ1v) is 29.0. The zero-order chi connectivity index (χ0) is 44.8. The number of esters is 2. The van der Waals surface area contributed by atoms with E-state index in [1.54, 1.807) is 0 Å². The fourth-order valence-electron chi connectivity index (χ4n) is 9.18. The van der Waals surface area contributed by atoms with Gasteiger partial charge in [0.15, 0.2) is 0 Å². The van der Waals surface area contributed by atoms with Crippen molar-refractivity contribution in [2.45, 2.75) is 348 Å². The molecule has 0 amide bonds. The largest absolute Gasteiger partial charge is 0.466 e. The van der Waals surface area contributed by atoms with Gasteiger partial charge in [0.2, 0.25) is 0 Å². The maximum absolute atomic E-state index is 12.1. The molecule has 0 bridgehead atoms. The highest BCUT2D eigenvalue weighted by molar-refractivity contribution is 5.69. The SMILES string of the molecule is CCCCCCCCCCCCCCCCCCOC(=O)CCCCCCCCCCCCCCCCCCCCC(=O)OCCCCCCCCCCCCCCCCCC. The quantitative estimate of drug-likeness (QED) is 0.0451. The normalized spacial score (nSPS) is 11.5. The van der Waals surface area contributed by atoms with Gasteiger partial charge in [0.05, 0.1) is 13.2 Å². The zero-order valence-corrected chi connectivity index (χ0v) is 42.8. The van der Waals surface area contributed by atoms with E-state index in [-0.39, 0.29) is 11.9 Å². The minimum absolute atomic E-state index is 0.0204. The van der Waals surface area contributed by atoms with Gasteiger partial charge >= 0.3 is 11.9 Å². The van der Waals surface area contributed by atoms with Crippen LogP contribution in [0, 0.1) is 0 Å². The fraction of sp³-hybridized carbons (Fsp3) is 0.966. The minimum atomic E-state index is 0.0204. The van der Waals surface area contributed by atoms with Crippen LogP contribution in [-0.2, 0) is 19.1 Å². The van der Waals surface area contributed by atoms with Crippen LogP contribution >= 0.6 is 0 Å². The standard InChI is InChI=1S/C58H114O4/c1-3-5-7-9-11-13-15-17-19-27-31-35-39-43-47-51-55-61-57(59)53-49-45-41-37-33-29-25-23-21-22-24-26-30-34-38-42-46-50-54-58(60)62-56-52-48-44-40-36-32-28-20-18-16-14-12-10-8-6-4-2/h3-56H2,1-2H3. The van der Waals surface area contributed by atoms with Crippen molar-refractivity contribution < 1.29 is 19.1 Å². The second kappa shape index (κ2) is 56.1. The Bertz CT molecular complexity index is 773. The van der Waals surface area contributed by atoms with Gasteiger partial charge in [0.25, 0.3) is 0 Å². The molecule has 0 aromatic heterocycles. The number of carbonyl (C=O) groups is 2. The van der Waals surface area contributed by atoms with Gasteiger partial charge in [-0.15, -0.1) is 0 Å². The number of hydrogen-bond acceptors (Lipinski definition) is 4. The van der Waals surface area contributed by atoms with Crippen molar-refractivity contribution in [1.82, 2.24) is 0 Å². The second-order valence-electron chi connectivity index (χ2n) is 19.9. The maximum Gasteiger partial charge on any atom is 0.305 e. The van der Waals surface area contributed by atoms with Gasteiger partial charge in [-0.2, -0.15) is 0 Å². The summed E-state index contributed by atoms with van der Waals surface area (Å²) in [5.41, 5.74) is 0. The molecule has 0 aliphatic rings. The van der Waals surface area contributed by atoms with Gasteiger partial charge in [-0.05, 0) is 25.7 Å². The average molecular weight is 876 g/mol. The third-order valence-electron chi connectivity index (χ3n) is 13.5. The van der Waals surface area contributed by atoms with Crippen molar-refractivity contribution in [3.8, 4) is 0 Å². The fourth-order valence-corrected chi connectivity index (χ4v) is 9.18. The minimum Gasteiger partial charge on any atom is -0.466 e. The molecular formula is C58H114O4. The topological polar surface area (TPSA) is 52.6 Å². The first-order chi connectivity index (χ1) is 30.7. The molecule has 0 rings (SSSR count). The van der Waals surface area contributed by atoms with Crippen LogP contribution in [0.2, 0.25) is 0 Å². The molecule has 0 aliphatic carbocycles. The Hall–Kier alpha value is -1.06. The molecule has 0 unspecified atom stereocenters. The predicted octanol–water partition coefficient (Wildman–Crippen LogP) is 20.4. The van der Waals surface area contributed by atoms with E-state index in [1.807, 2.05) is 0 Å². The number of unbranched alkanes of at least 4 members (excludes halogenated alkanes) is 47. The summed E-state index contributed by atoms with van der Waals surface area (Å²) in [6.07, 6.45) is 68.4. The van der Waals surface area contributed by atoms with Gasteiger partial charge in [-0.25, -0.2) is 0 Å². The molecule has 0 radical (unpaired) electrons. The summed E-state index contributed by atoms with van der Waals surface area (Å²) in [7, 11) is 0. The molecular weight excluding hydrogens is 761 g/mol. The van der Waals surface area contributed by atoms with E-state index in [0.29, 0.717) is 26.1 Å². The summed E-state index contributed by atoms with van der Waals surface area (Å²) in [4.78, 5) is 24.1. The summed E-state index contributed by atoms with van der Waals surface area (Å²) in [5, 5.41) is 0. The Balaban J connectivity index is 3.19. The molecule has 4 heteroatoms. The number of carbonyl (C=O) groups excluding carboxylic acids is 2. The van der Waals surface area contributed by atoms with Gasteiger partial charge in [-0.1, -0.05) is 309 Å². The molecule has 0 fully saturated rings. The van der Waals surface area contributed by atoms with E-state index in [0.717, 1.165) is 25.7 Å². The molecule has 0 aromatic rings.